The first-order valence-corrected chi connectivity index (χ1v) is 8.39. The first kappa shape index (κ1) is 16.8. The molecule has 0 unspecified atom stereocenters. The largest absolute Gasteiger partial charge is 0.469 e. The van der Waals surface area contributed by atoms with E-state index in [-0.39, 0.29) is 5.91 Å². The van der Waals surface area contributed by atoms with Crippen LogP contribution in [-0.4, -0.2) is 17.4 Å². The van der Waals surface area contributed by atoms with E-state index >= 15 is 0 Å². The monoisotopic (exact) mass is 331 g/mol. The maximum absolute atomic E-state index is 12.7. The molecule has 0 saturated carbocycles. The van der Waals surface area contributed by atoms with Crippen molar-refractivity contribution >= 4 is 12.0 Å². The Morgan fingerprint density at radius 3 is 2.32 bits per heavy atom. The van der Waals surface area contributed by atoms with Crippen molar-refractivity contribution in [3.05, 3.63) is 102 Å². The van der Waals surface area contributed by atoms with Crippen LogP contribution in [0.3, 0.4) is 0 Å². The van der Waals surface area contributed by atoms with Crippen LogP contribution in [0.25, 0.3) is 6.08 Å². The highest BCUT2D eigenvalue weighted by Crippen LogP contribution is 2.10. The van der Waals surface area contributed by atoms with Gasteiger partial charge in [-0.25, -0.2) is 0 Å². The normalized spacial score (nSPS) is 10.9. The summed E-state index contributed by atoms with van der Waals surface area (Å²) >= 11 is 0. The first-order chi connectivity index (χ1) is 12.3. The molecule has 3 nitrogen and oxygen atoms in total. The molecule has 0 spiro atoms. The molecule has 1 aromatic heterocycles. The zero-order chi connectivity index (χ0) is 17.3. The van der Waals surface area contributed by atoms with Crippen molar-refractivity contribution in [3.8, 4) is 0 Å². The van der Waals surface area contributed by atoms with Crippen molar-refractivity contribution in [1.29, 1.82) is 0 Å². The van der Waals surface area contributed by atoms with E-state index in [9.17, 15) is 4.79 Å². The third-order valence-electron chi connectivity index (χ3n) is 3.95. The van der Waals surface area contributed by atoms with Gasteiger partial charge in [0.05, 0.1) is 6.26 Å². The first-order valence-electron chi connectivity index (χ1n) is 8.39. The number of nitrogens with zero attached hydrogens (tertiary/aromatic N) is 1. The van der Waals surface area contributed by atoms with Gasteiger partial charge < -0.3 is 9.32 Å². The maximum Gasteiger partial charge on any atom is 0.246 e. The van der Waals surface area contributed by atoms with E-state index in [0.717, 1.165) is 16.9 Å². The van der Waals surface area contributed by atoms with Crippen molar-refractivity contribution in [2.24, 2.45) is 0 Å². The Hall–Kier alpha value is -3.07. The highest BCUT2D eigenvalue weighted by atomic mass is 16.3. The van der Waals surface area contributed by atoms with E-state index in [2.05, 4.69) is 0 Å². The summed E-state index contributed by atoms with van der Waals surface area (Å²) < 4.78 is 5.39. The van der Waals surface area contributed by atoms with Crippen LogP contribution in [-0.2, 0) is 17.8 Å². The lowest BCUT2D eigenvalue weighted by Crippen LogP contribution is -2.31. The van der Waals surface area contributed by atoms with Gasteiger partial charge in [0, 0.05) is 25.6 Å². The fraction of sp³-hybridized carbons (Fsp3) is 0.136. The summed E-state index contributed by atoms with van der Waals surface area (Å²) in [5.41, 5.74) is 2.13. The van der Waals surface area contributed by atoms with Crippen LogP contribution >= 0.6 is 0 Å². The van der Waals surface area contributed by atoms with Crippen molar-refractivity contribution in [2.75, 3.05) is 6.54 Å². The number of benzene rings is 2. The lowest BCUT2D eigenvalue weighted by atomic mass is 10.2. The highest BCUT2D eigenvalue weighted by molar-refractivity contribution is 5.91. The summed E-state index contributed by atoms with van der Waals surface area (Å²) in [5, 5.41) is 0. The van der Waals surface area contributed by atoms with Crippen LogP contribution in [0.4, 0.5) is 0 Å². The molecule has 0 bridgehead atoms. The predicted molar refractivity (Wildman–Crippen MR) is 99.7 cm³/mol. The molecular formula is C22H21NO2. The number of rotatable bonds is 7. The lowest BCUT2D eigenvalue weighted by molar-refractivity contribution is -0.126. The van der Waals surface area contributed by atoms with Crippen molar-refractivity contribution in [3.63, 3.8) is 0 Å². The average molecular weight is 331 g/mol. The molecular weight excluding hydrogens is 310 g/mol. The molecule has 1 amide bonds. The van der Waals surface area contributed by atoms with Gasteiger partial charge in [0.15, 0.2) is 0 Å². The third kappa shape index (κ3) is 5.21. The second-order valence-corrected chi connectivity index (χ2v) is 5.82. The SMILES string of the molecule is O=C(/C=C/c1ccccc1)N(CCc1ccco1)Cc1ccccc1. The van der Waals surface area contributed by atoms with E-state index in [0.29, 0.717) is 19.5 Å². The molecule has 3 aromatic rings. The van der Waals surface area contributed by atoms with Crippen LogP contribution < -0.4 is 0 Å². The number of hydrogen-bond donors (Lipinski definition) is 0. The number of amides is 1. The number of carbonyl (C=O) groups excluding carboxylic acids is 1. The molecule has 2 aromatic carbocycles. The second kappa shape index (κ2) is 8.69. The van der Waals surface area contributed by atoms with Crippen LogP contribution in [0.1, 0.15) is 16.9 Å². The lowest BCUT2D eigenvalue weighted by Gasteiger charge is -2.21. The summed E-state index contributed by atoms with van der Waals surface area (Å²) in [5.74, 6) is 0.886. The molecule has 0 saturated heterocycles. The Morgan fingerprint density at radius 1 is 0.920 bits per heavy atom. The van der Waals surface area contributed by atoms with Gasteiger partial charge in [-0.3, -0.25) is 4.79 Å². The zero-order valence-corrected chi connectivity index (χ0v) is 14.0. The maximum atomic E-state index is 12.7. The Labute approximate surface area is 148 Å². The van der Waals surface area contributed by atoms with Crippen molar-refractivity contribution in [1.82, 2.24) is 4.90 Å². The van der Waals surface area contributed by atoms with Crippen LogP contribution in [0.5, 0.6) is 0 Å². The van der Waals surface area contributed by atoms with Gasteiger partial charge in [-0.1, -0.05) is 60.7 Å². The minimum absolute atomic E-state index is 0.000683. The van der Waals surface area contributed by atoms with Gasteiger partial charge in [0.2, 0.25) is 5.91 Å². The molecule has 0 N–H and O–H groups in total. The minimum Gasteiger partial charge on any atom is -0.469 e. The van der Waals surface area contributed by atoms with Gasteiger partial charge in [0.25, 0.3) is 0 Å². The number of hydrogen-bond acceptors (Lipinski definition) is 2. The van der Waals surface area contributed by atoms with E-state index < -0.39 is 0 Å². The fourth-order valence-electron chi connectivity index (χ4n) is 2.61. The number of carbonyl (C=O) groups is 1. The molecule has 0 aliphatic carbocycles. The van der Waals surface area contributed by atoms with Gasteiger partial charge in [-0.2, -0.15) is 0 Å². The second-order valence-electron chi connectivity index (χ2n) is 5.82. The molecule has 3 heteroatoms. The Kier molecular flexibility index (Phi) is 5.83. The standard InChI is InChI=1S/C22H21NO2/c24-22(14-13-19-8-3-1-4-9-19)23(16-15-21-12-7-17-25-21)18-20-10-5-2-6-11-20/h1-14,17H,15-16,18H2/b14-13+. The summed E-state index contributed by atoms with van der Waals surface area (Å²) in [4.78, 5) is 14.5. The average Bonchev–Trinajstić information content (AvgIpc) is 3.18. The molecule has 1 heterocycles. The Balaban J connectivity index is 1.69. The molecule has 3 rings (SSSR count). The topological polar surface area (TPSA) is 33.5 Å². The molecule has 0 radical (unpaired) electrons. The van der Waals surface area contributed by atoms with Crippen molar-refractivity contribution < 1.29 is 9.21 Å². The molecule has 0 fully saturated rings. The van der Waals surface area contributed by atoms with Crippen LogP contribution in [0.2, 0.25) is 0 Å². The van der Waals surface area contributed by atoms with Crippen LogP contribution in [0.15, 0.2) is 89.6 Å². The number of furan rings is 1. The van der Waals surface area contributed by atoms with E-state index in [4.69, 9.17) is 4.42 Å². The predicted octanol–water partition coefficient (Wildman–Crippen LogP) is 4.56. The molecule has 25 heavy (non-hydrogen) atoms. The fourth-order valence-corrected chi connectivity index (χ4v) is 2.61. The molecule has 126 valence electrons. The Morgan fingerprint density at radius 2 is 1.64 bits per heavy atom. The molecule has 0 aliphatic heterocycles. The highest BCUT2D eigenvalue weighted by Gasteiger charge is 2.12. The van der Waals surface area contributed by atoms with Gasteiger partial charge >= 0.3 is 0 Å². The van der Waals surface area contributed by atoms with E-state index in [1.165, 1.54) is 0 Å². The molecule has 0 atom stereocenters. The van der Waals surface area contributed by atoms with Gasteiger partial charge in [-0.15, -0.1) is 0 Å². The van der Waals surface area contributed by atoms with Crippen molar-refractivity contribution in [2.45, 2.75) is 13.0 Å². The summed E-state index contributed by atoms with van der Waals surface area (Å²) in [6, 6.07) is 23.7. The molecule has 0 aliphatic rings. The van der Waals surface area contributed by atoms with Crippen LogP contribution in [0, 0.1) is 0 Å². The van der Waals surface area contributed by atoms with Gasteiger partial charge in [-0.05, 0) is 29.3 Å². The summed E-state index contributed by atoms with van der Waals surface area (Å²) in [6.07, 6.45) is 5.85. The summed E-state index contributed by atoms with van der Waals surface area (Å²) in [6.45, 7) is 1.19. The third-order valence-corrected chi connectivity index (χ3v) is 3.95. The minimum atomic E-state index is -0.000683. The smallest absolute Gasteiger partial charge is 0.246 e. The summed E-state index contributed by atoms with van der Waals surface area (Å²) in [7, 11) is 0. The van der Waals surface area contributed by atoms with Gasteiger partial charge in [0.1, 0.15) is 5.76 Å². The van der Waals surface area contributed by atoms with E-state index in [1.54, 1.807) is 12.3 Å². The van der Waals surface area contributed by atoms with E-state index in [1.807, 2.05) is 83.8 Å². The zero-order valence-electron chi connectivity index (χ0n) is 14.0. The Bertz CT molecular complexity index is 793. The quantitative estimate of drug-likeness (QED) is 0.595.